The number of carbonyl (C=O) groups excluding carboxylic acids is 1. The van der Waals surface area contributed by atoms with Gasteiger partial charge in [0.15, 0.2) is 0 Å². The van der Waals surface area contributed by atoms with Crippen molar-refractivity contribution in [3.8, 4) is 0 Å². The first kappa shape index (κ1) is 21.0. The second-order valence-corrected chi connectivity index (χ2v) is 10.6. The molecule has 166 valence electrons. The van der Waals surface area contributed by atoms with E-state index in [0.29, 0.717) is 6.42 Å². The average Bonchev–Trinajstić information content (AvgIpc) is 3.02. The van der Waals surface area contributed by atoms with Crippen LogP contribution in [0.15, 0.2) is 53.6 Å². The third-order valence-corrected chi connectivity index (χ3v) is 8.31. The number of ether oxygens (including phenoxy) is 1. The van der Waals surface area contributed by atoms with Crippen LogP contribution < -0.4 is 0 Å². The van der Waals surface area contributed by atoms with Crippen LogP contribution in [-0.4, -0.2) is 47.3 Å². The van der Waals surface area contributed by atoms with Gasteiger partial charge >= 0.3 is 5.97 Å². The van der Waals surface area contributed by atoms with E-state index in [9.17, 15) is 9.90 Å². The summed E-state index contributed by atoms with van der Waals surface area (Å²) in [7, 11) is 0. The van der Waals surface area contributed by atoms with Crippen molar-refractivity contribution in [3.63, 3.8) is 0 Å². The van der Waals surface area contributed by atoms with Crippen LogP contribution in [0.2, 0.25) is 0 Å². The highest BCUT2D eigenvalue weighted by atomic mass is 16.6. The zero-order valence-corrected chi connectivity index (χ0v) is 18.8. The molecule has 4 nitrogen and oxygen atoms in total. The van der Waals surface area contributed by atoms with Gasteiger partial charge in [-0.05, 0) is 55.6 Å². The van der Waals surface area contributed by atoms with Crippen LogP contribution in [0.5, 0.6) is 0 Å². The average molecular weight is 422 g/mol. The lowest BCUT2D eigenvalue weighted by Gasteiger charge is -2.43. The minimum Gasteiger partial charge on any atom is -0.461 e. The predicted octanol–water partition coefficient (Wildman–Crippen LogP) is 4.29. The molecule has 1 aromatic carbocycles. The summed E-state index contributed by atoms with van der Waals surface area (Å²) < 4.78 is 5.91. The third kappa shape index (κ3) is 4.01. The van der Waals surface area contributed by atoms with Gasteiger partial charge in [-0.3, -0.25) is 4.79 Å². The number of nitrogens with zero attached hydrogens (tertiary/aromatic N) is 1. The molecule has 0 spiro atoms. The van der Waals surface area contributed by atoms with Crippen LogP contribution >= 0.6 is 0 Å². The highest BCUT2D eigenvalue weighted by Gasteiger charge is 2.51. The van der Waals surface area contributed by atoms with E-state index in [2.05, 4.69) is 43.0 Å². The summed E-state index contributed by atoms with van der Waals surface area (Å²) in [6.07, 6.45) is 10.2. The number of likely N-dealkylation sites (tertiary alicyclic amines) is 1. The van der Waals surface area contributed by atoms with Crippen molar-refractivity contribution in [1.29, 1.82) is 0 Å². The zero-order chi connectivity index (χ0) is 21.6. The lowest BCUT2D eigenvalue weighted by atomic mass is 9.62. The molecule has 2 fully saturated rings. The number of fused-ring (bicyclic) bond motifs is 2. The quantitative estimate of drug-likeness (QED) is 0.737. The van der Waals surface area contributed by atoms with Crippen LogP contribution in [0.4, 0.5) is 0 Å². The maximum Gasteiger partial charge on any atom is 0.311 e. The van der Waals surface area contributed by atoms with Crippen molar-refractivity contribution in [2.45, 2.75) is 64.1 Å². The van der Waals surface area contributed by atoms with Crippen LogP contribution in [0.3, 0.4) is 0 Å². The van der Waals surface area contributed by atoms with Gasteiger partial charge in [0, 0.05) is 32.0 Å². The number of allylic oxidation sites excluding steroid dienone is 3. The van der Waals surface area contributed by atoms with Crippen molar-refractivity contribution in [1.82, 2.24) is 4.90 Å². The van der Waals surface area contributed by atoms with Gasteiger partial charge < -0.3 is 14.7 Å². The number of hydrogen-bond acceptors (Lipinski definition) is 4. The molecule has 0 amide bonds. The van der Waals surface area contributed by atoms with Crippen molar-refractivity contribution < 1.29 is 14.6 Å². The Morgan fingerprint density at radius 2 is 1.90 bits per heavy atom. The van der Waals surface area contributed by atoms with Gasteiger partial charge in [-0.2, -0.15) is 0 Å². The van der Waals surface area contributed by atoms with E-state index in [1.165, 1.54) is 16.7 Å². The fraction of sp³-hybridized carbons (Fsp3) is 0.593. The van der Waals surface area contributed by atoms with Gasteiger partial charge in [-0.25, -0.2) is 0 Å². The standard InChI is InChI=1S/C27H35NO3/c1-19-7-6-10-26(2)17-24-21(15-23(19)26)22(25(29)31-24)18-28-13-11-27(30,12-14-28)16-20-8-4-3-5-9-20/h3-5,7-9,15,21-22,24,30H,6,10-14,16-18H2,1-2H3/t21-,22?,24-,26-/m1/s1. The van der Waals surface area contributed by atoms with Gasteiger partial charge in [0.25, 0.3) is 0 Å². The smallest absolute Gasteiger partial charge is 0.311 e. The number of carbonyl (C=O) groups is 1. The Morgan fingerprint density at radius 1 is 1.16 bits per heavy atom. The van der Waals surface area contributed by atoms with Crippen LogP contribution in [0, 0.1) is 17.3 Å². The van der Waals surface area contributed by atoms with E-state index in [4.69, 9.17) is 4.74 Å². The van der Waals surface area contributed by atoms with E-state index >= 15 is 0 Å². The number of rotatable bonds is 4. The minimum atomic E-state index is -0.644. The zero-order valence-electron chi connectivity index (χ0n) is 18.8. The monoisotopic (exact) mass is 421 g/mol. The molecular weight excluding hydrogens is 386 g/mol. The molecule has 4 heteroatoms. The Bertz CT molecular complexity index is 896. The van der Waals surface area contributed by atoms with Crippen LogP contribution in [0.25, 0.3) is 0 Å². The Labute approximate surface area is 186 Å². The molecule has 0 bridgehead atoms. The summed E-state index contributed by atoms with van der Waals surface area (Å²) in [6.45, 7) is 6.96. The number of aliphatic hydroxyl groups is 1. The minimum absolute atomic E-state index is 0.0250. The molecule has 4 atom stereocenters. The second-order valence-electron chi connectivity index (χ2n) is 10.6. The van der Waals surface area contributed by atoms with E-state index in [0.717, 1.165) is 51.7 Å². The molecule has 1 N–H and O–H groups in total. The molecule has 0 radical (unpaired) electrons. The Kier molecular flexibility index (Phi) is 5.34. The maximum absolute atomic E-state index is 12.8. The lowest BCUT2D eigenvalue weighted by Crippen LogP contribution is -2.48. The molecule has 2 aliphatic heterocycles. The van der Waals surface area contributed by atoms with Crippen molar-refractivity contribution >= 4 is 5.97 Å². The topological polar surface area (TPSA) is 49.8 Å². The molecule has 0 saturated carbocycles. The highest BCUT2D eigenvalue weighted by Crippen LogP contribution is 2.52. The fourth-order valence-corrected chi connectivity index (χ4v) is 6.42. The highest BCUT2D eigenvalue weighted by molar-refractivity contribution is 5.76. The number of esters is 1. The summed E-state index contributed by atoms with van der Waals surface area (Å²) >= 11 is 0. The van der Waals surface area contributed by atoms with Gasteiger partial charge in [-0.1, -0.05) is 55.0 Å². The van der Waals surface area contributed by atoms with E-state index in [1.54, 1.807) is 0 Å². The Morgan fingerprint density at radius 3 is 2.65 bits per heavy atom. The van der Waals surface area contributed by atoms with E-state index in [1.807, 2.05) is 18.2 Å². The summed E-state index contributed by atoms with van der Waals surface area (Å²) in [5.74, 6) is 0.0695. The number of benzene rings is 1. The first-order valence-electron chi connectivity index (χ1n) is 11.9. The van der Waals surface area contributed by atoms with Crippen LogP contribution in [-0.2, 0) is 16.0 Å². The fourth-order valence-electron chi connectivity index (χ4n) is 6.42. The normalized spacial score (nSPS) is 34.9. The molecule has 2 heterocycles. The summed E-state index contributed by atoms with van der Waals surface area (Å²) in [4.78, 5) is 15.2. The Hall–Kier alpha value is -1.91. The van der Waals surface area contributed by atoms with Gasteiger partial charge in [-0.15, -0.1) is 0 Å². The molecule has 1 aromatic rings. The summed E-state index contributed by atoms with van der Waals surface area (Å²) in [5, 5.41) is 11.1. The van der Waals surface area contributed by atoms with Gasteiger partial charge in [0.2, 0.25) is 0 Å². The maximum atomic E-state index is 12.8. The van der Waals surface area contributed by atoms with Crippen LogP contribution in [0.1, 0.15) is 51.5 Å². The molecule has 5 rings (SSSR count). The molecule has 2 saturated heterocycles. The second kappa shape index (κ2) is 7.90. The van der Waals surface area contributed by atoms with Crippen molar-refractivity contribution in [2.24, 2.45) is 17.3 Å². The summed E-state index contributed by atoms with van der Waals surface area (Å²) in [5.41, 5.74) is 3.52. The first-order chi connectivity index (χ1) is 14.9. The van der Waals surface area contributed by atoms with E-state index in [-0.39, 0.29) is 29.3 Å². The number of piperidine rings is 1. The van der Waals surface area contributed by atoms with Crippen molar-refractivity contribution in [3.05, 3.63) is 59.2 Å². The largest absolute Gasteiger partial charge is 0.461 e. The Balaban J connectivity index is 1.25. The SMILES string of the molecule is CC1=CCC[C@]2(C)C[C@H]3OC(=O)C(CN4CCC(O)(Cc5ccccc5)CC4)[C@H]3C=C12. The first-order valence-corrected chi connectivity index (χ1v) is 11.9. The molecular formula is C27H35NO3. The predicted molar refractivity (Wildman–Crippen MR) is 121 cm³/mol. The molecule has 0 aromatic heterocycles. The van der Waals surface area contributed by atoms with Gasteiger partial charge in [0.1, 0.15) is 6.10 Å². The molecule has 1 unspecified atom stereocenters. The molecule has 4 aliphatic rings. The number of hydrogen-bond donors (Lipinski definition) is 1. The third-order valence-electron chi connectivity index (χ3n) is 8.31. The van der Waals surface area contributed by atoms with Crippen molar-refractivity contribution in [2.75, 3.05) is 19.6 Å². The molecule has 2 aliphatic carbocycles. The lowest BCUT2D eigenvalue weighted by molar-refractivity contribution is -0.145. The van der Waals surface area contributed by atoms with E-state index < -0.39 is 5.60 Å². The summed E-state index contributed by atoms with van der Waals surface area (Å²) in [6, 6.07) is 10.2. The molecule has 31 heavy (non-hydrogen) atoms. The van der Waals surface area contributed by atoms with Gasteiger partial charge in [0.05, 0.1) is 11.5 Å².